The summed E-state index contributed by atoms with van der Waals surface area (Å²) in [6.45, 7) is 2.51. The van der Waals surface area contributed by atoms with Gasteiger partial charge in [0, 0.05) is 18.4 Å². The molecule has 1 amide bonds. The van der Waals surface area contributed by atoms with Crippen molar-refractivity contribution in [3.05, 3.63) is 30.2 Å². The van der Waals surface area contributed by atoms with Crippen LogP contribution in [0.25, 0.3) is 11.4 Å². The Morgan fingerprint density at radius 3 is 2.59 bits per heavy atom. The number of carbonyl (C=O) groups excluding carboxylic acids is 1. The summed E-state index contributed by atoms with van der Waals surface area (Å²) in [7, 11) is 0. The number of nitrogens with one attached hydrogen (secondary N) is 1. The van der Waals surface area contributed by atoms with Gasteiger partial charge in [0.15, 0.2) is 0 Å². The molecule has 0 radical (unpaired) electrons. The first-order valence-electron chi connectivity index (χ1n) is 9.12. The van der Waals surface area contributed by atoms with Crippen LogP contribution < -0.4 is 10.1 Å². The summed E-state index contributed by atoms with van der Waals surface area (Å²) in [4.78, 5) is 28.0. The molecule has 2 aromatic rings. The molecule has 1 aromatic carbocycles. The molecule has 2 N–H and O–H groups in total. The van der Waals surface area contributed by atoms with E-state index in [9.17, 15) is 14.7 Å². The van der Waals surface area contributed by atoms with E-state index in [0.29, 0.717) is 31.2 Å². The molecule has 1 aliphatic rings. The van der Waals surface area contributed by atoms with Gasteiger partial charge in [0.1, 0.15) is 11.3 Å². The van der Waals surface area contributed by atoms with Crippen LogP contribution in [0.15, 0.2) is 28.8 Å². The third kappa shape index (κ3) is 4.45. The molecular weight excluding hydrogens is 350 g/mol. The first-order chi connectivity index (χ1) is 13.0. The molecule has 1 heterocycles. The molecular formula is C19H23N3O5. The fourth-order valence-corrected chi connectivity index (χ4v) is 3.26. The number of hydrogen-bond acceptors (Lipinski definition) is 6. The quantitative estimate of drug-likeness (QED) is 0.731. The lowest BCUT2D eigenvalue weighted by Gasteiger charge is -2.25. The minimum absolute atomic E-state index is 0.0972. The van der Waals surface area contributed by atoms with Crippen LogP contribution in [0.2, 0.25) is 0 Å². The number of aryl methyl sites for hydroxylation is 1. The second-order valence-corrected chi connectivity index (χ2v) is 6.61. The van der Waals surface area contributed by atoms with E-state index in [-0.39, 0.29) is 18.7 Å². The van der Waals surface area contributed by atoms with Crippen molar-refractivity contribution in [3.8, 4) is 17.1 Å². The first kappa shape index (κ1) is 18.9. The lowest BCUT2D eigenvalue weighted by atomic mass is 9.97. The Morgan fingerprint density at radius 1 is 1.26 bits per heavy atom. The number of aromatic nitrogens is 2. The minimum atomic E-state index is -1.13. The van der Waals surface area contributed by atoms with Crippen molar-refractivity contribution in [2.75, 3.05) is 6.61 Å². The highest BCUT2D eigenvalue weighted by Crippen LogP contribution is 2.30. The van der Waals surface area contributed by atoms with Crippen molar-refractivity contribution in [2.24, 2.45) is 0 Å². The highest BCUT2D eigenvalue weighted by molar-refractivity contribution is 5.87. The molecule has 144 valence electrons. The predicted molar refractivity (Wildman–Crippen MR) is 96.2 cm³/mol. The van der Waals surface area contributed by atoms with Gasteiger partial charge in [-0.3, -0.25) is 4.79 Å². The topological polar surface area (TPSA) is 115 Å². The van der Waals surface area contributed by atoms with Crippen molar-refractivity contribution in [1.82, 2.24) is 15.5 Å². The Morgan fingerprint density at radius 2 is 1.96 bits per heavy atom. The molecule has 1 aromatic heterocycles. The predicted octanol–water partition coefficient (Wildman–Crippen LogP) is 2.58. The molecule has 3 rings (SSSR count). The van der Waals surface area contributed by atoms with Crippen molar-refractivity contribution in [1.29, 1.82) is 0 Å². The van der Waals surface area contributed by atoms with Crippen LogP contribution in [0.5, 0.6) is 5.75 Å². The van der Waals surface area contributed by atoms with E-state index in [1.807, 2.05) is 31.2 Å². The maximum Gasteiger partial charge on any atom is 0.329 e. The van der Waals surface area contributed by atoms with Gasteiger partial charge in [0.25, 0.3) is 0 Å². The van der Waals surface area contributed by atoms with E-state index in [4.69, 9.17) is 9.26 Å². The standard InChI is InChI=1S/C19H23N3O5/c1-2-26-14-7-5-13(6-8-14)17-20-16(27-22-17)10-9-15(23)21-19(18(24)25)11-3-4-12-19/h5-8H,2-4,9-12H2,1H3,(H,21,23)(H,24,25). The SMILES string of the molecule is CCOc1ccc(-c2noc(CCC(=O)NC3(C(=O)O)CCCC3)n2)cc1. The fraction of sp³-hybridized carbons (Fsp3) is 0.474. The largest absolute Gasteiger partial charge is 0.494 e. The smallest absolute Gasteiger partial charge is 0.329 e. The minimum Gasteiger partial charge on any atom is -0.494 e. The zero-order valence-corrected chi connectivity index (χ0v) is 15.2. The number of carbonyl (C=O) groups is 2. The number of ether oxygens (including phenoxy) is 1. The summed E-state index contributed by atoms with van der Waals surface area (Å²) < 4.78 is 10.6. The summed E-state index contributed by atoms with van der Waals surface area (Å²) in [5.41, 5.74) is -0.340. The fourth-order valence-electron chi connectivity index (χ4n) is 3.26. The van der Waals surface area contributed by atoms with Crippen LogP contribution in [0.3, 0.4) is 0 Å². The van der Waals surface area contributed by atoms with E-state index in [1.165, 1.54) is 0 Å². The Bertz CT molecular complexity index is 794. The molecule has 1 saturated carbocycles. The molecule has 0 aliphatic heterocycles. The Kier molecular flexibility index (Phi) is 5.73. The number of carboxylic acid groups (broad SMARTS) is 1. The van der Waals surface area contributed by atoms with Gasteiger partial charge >= 0.3 is 5.97 Å². The van der Waals surface area contributed by atoms with Crippen LogP contribution in [0.1, 0.15) is 44.9 Å². The van der Waals surface area contributed by atoms with Crippen molar-refractivity contribution < 1.29 is 24.0 Å². The van der Waals surface area contributed by atoms with Crippen molar-refractivity contribution >= 4 is 11.9 Å². The molecule has 8 heteroatoms. The van der Waals surface area contributed by atoms with Gasteiger partial charge < -0.3 is 19.7 Å². The number of nitrogens with zero attached hydrogens (tertiary/aromatic N) is 2. The average Bonchev–Trinajstić information content (AvgIpc) is 3.31. The van der Waals surface area contributed by atoms with Gasteiger partial charge in [-0.2, -0.15) is 4.98 Å². The van der Waals surface area contributed by atoms with E-state index in [2.05, 4.69) is 15.5 Å². The summed E-state index contributed by atoms with van der Waals surface area (Å²) in [6.07, 6.45) is 2.90. The maximum atomic E-state index is 12.2. The van der Waals surface area contributed by atoms with Gasteiger partial charge in [0.05, 0.1) is 6.61 Å². The number of benzene rings is 1. The first-order valence-corrected chi connectivity index (χ1v) is 9.12. The Hall–Kier alpha value is -2.90. The van der Waals surface area contributed by atoms with Crippen molar-refractivity contribution in [2.45, 2.75) is 51.0 Å². The van der Waals surface area contributed by atoms with Crippen LogP contribution in [0.4, 0.5) is 0 Å². The summed E-state index contributed by atoms with van der Waals surface area (Å²) >= 11 is 0. The average molecular weight is 373 g/mol. The third-order valence-corrected chi connectivity index (χ3v) is 4.70. The van der Waals surface area contributed by atoms with Crippen LogP contribution in [-0.4, -0.2) is 39.3 Å². The number of hydrogen-bond donors (Lipinski definition) is 2. The van der Waals surface area contributed by atoms with Crippen molar-refractivity contribution in [3.63, 3.8) is 0 Å². The molecule has 1 fully saturated rings. The lowest BCUT2D eigenvalue weighted by molar-refractivity contribution is -0.147. The molecule has 0 spiro atoms. The number of amides is 1. The highest BCUT2D eigenvalue weighted by Gasteiger charge is 2.42. The molecule has 27 heavy (non-hydrogen) atoms. The monoisotopic (exact) mass is 373 g/mol. The van der Waals surface area contributed by atoms with E-state index in [0.717, 1.165) is 24.2 Å². The second-order valence-electron chi connectivity index (χ2n) is 6.61. The summed E-state index contributed by atoms with van der Waals surface area (Å²) in [5, 5.41) is 16.0. The molecule has 1 aliphatic carbocycles. The molecule has 0 atom stereocenters. The van der Waals surface area contributed by atoms with E-state index < -0.39 is 11.5 Å². The van der Waals surface area contributed by atoms with Gasteiger partial charge in [0.2, 0.25) is 17.6 Å². The maximum absolute atomic E-state index is 12.2. The van der Waals surface area contributed by atoms with Gasteiger partial charge in [-0.25, -0.2) is 4.79 Å². The number of rotatable bonds is 8. The van der Waals surface area contributed by atoms with Gasteiger partial charge in [-0.1, -0.05) is 18.0 Å². The summed E-state index contributed by atoms with van der Waals surface area (Å²) in [6, 6.07) is 7.33. The molecule has 0 saturated heterocycles. The lowest BCUT2D eigenvalue weighted by Crippen LogP contribution is -2.52. The number of carboxylic acids is 1. The zero-order chi connectivity index (χ0) is 19.3. The molecule has 0 bridgehead atoms. The van der Waals surface area contributed by atoms with Crippen LogP contribution in [0, 0.1) is 0 Å². The van der Waals surface area contributed by atoms with Gasteiger partial charge in [-0.15, -0.1) is 0 Å². The highest BCUT2D eigenvalue weighted by atomic mass is 16.5. The van der Waals surface area contributed by atoms with Crippen LogP contribution >= 0.6 is 0 Å². The zero-order valence-electron chi connectivity index (χ0n) is 15.2. The van der Waals surface area contributed by atoms with Crippen LogP contribution in [-0.2, 0) is 16.0 Å². The van der Waals surface area contributed by atoms with Gasteiger partial charge in [-0.05, 0) is 44.0 Å². The molecule has 0 unspecified atom stereocenters. The number of aliphatic carboxylic acids is 1. The second kappa shape index (κ2) is 8.20. The molecule has 8 nitrogen and oxygen atoms in total. The third-order valence-electron chi connectivity index (χ3n) is 4.70. The Labute approximate surface area is 156 Å². The normalized spacial score (nSPS) is 15.4. The van der Waals surface area contributed by atoms with E-state index >= 15 is 0 Å². The summed E-state index contributed by atoms with van der Waals surface area (Å²) in [5.74, 6) is 0.251. The van der Waals surface area contributed by atoms with E-state index in [1.54, 1.807) is 0 Å². The Balaban J connectivity index is 1.56.